The Morgan fingerprint density at radius 2 is 1.97 bits per heavy atom. The largest absolute Gasteiger partial charge is 0.319 e. The molecule has 0 saturated carbocycles. The van der Waals surface area contributed by atoms with E-state index >= 15 is 0 Å². The molecule has 3 aromatic rings. The fourth-order valence-corrected chi connectivity index (χ4v) is 6.70. The minimum Gasteiger partial charge on any atom is -0.319 e. The topological polar surface area (TPSA) is 71.7 Å². The van der Waals surface area contributed by atoms with Crippen molar-refractivity contribution in [1.29, 1.82) is 0 Å². The van der Waals surface area contributed by atoms with Gasteiger partial charge in [0.15, 0.2) is 4.80 Å². The molecule has 1 unspecified atom stereocenters. The summed E-state index contributed by atoms with van der Waals surface area (Å²) >= 11 is 7.37. The van der Waals surface area contributed by atoms with Gasteiger partial charge in [0, 0.05) is 25.2 Å². The molecular formula is C22H24ClN3O3S2. The molecule has 4 rings (SSSR count). The number of rotatable bonds is 4. The zero-order chi connectivity index (χ0) is 22.2. The van der Waals surface area contributed by atoms with Gasteiger partial charge in [-0.3, -0.25) is 4.79 Å². The number of piperidine rings is 1. The third kappa shape index (κ3) is 4.35. The highest BCUT2D eigenvalue weighted by Crippen LogP contribution is 2.26. The Balaban J connectivity index is 1.60. The average Bonchev–Trinajstić information content (AvgIpc) is 3.09. The van der Waals surface area contributed by atoms with Gasteiger partial charge in [-0.25, -0.2) is 8.42 Å². The number of carbonyl (C=O) groups is 1. The average molecular weight is 478 g/mol. The maximum Gasteiger partial charge on any atom is 0.252 e. The van der Waals surface area contributed by atoms with Crippen molar-refractivity contribution in [1.82, 2.24) is 8.87 Å². The van der Waals surface area contributed by atoms with Crippen LogP contribution in [0.5, 0.6) is 0 Å². The van der Waals surface area contributed by atoms with Crippen LogP contribution in [0.15, 0.2) is 52.4 Å². The first-order chi connectivity index (χ1) is 14.8. The van der Waals surface area contributed by atoms with Crippen LogP contribution in [0.25, 0.3) is 10.2 Å². The van der Waals surface area contributed by atoms with E-state index in [2.05, 4.69) is 18.0 Å². The van der Waals surface area contributed by atoms with Gasteiger partial charge in [0.1, 0.15) is 0 Å². The van der Waals surface area contributed by atoms with E-state index in [1.807, 2.05) is 23.7 Å². The molecule has 0 radical (unpaired) electrons. The number of hydrogen-bond donors (Lipinski definition) is 0. The number of fused-ring (bicyclic) bond motifs is 1. The van der Waals surface area contributed by atoms with E-state index in [-0.39, 0.29) is 17.3 Å². The first kappa shape index (κ1) is 22.2. The Hall–Kier alpha value is -2.00. The summed E-state index contributed by atoms with van der Waals surface area (Å²) < 4.78 is 30.4. The number of nitrogens with zero attached hydrogens (tertiary/aromatic N) is 3. The van der Waals surface area contributed by atoms with E-state index in [9.17, 15) is 13.2 Å². The van der Waals surface area contributed by atoms with Crippen molar-refractivity contribution in [3.8, 4) is 0 Å². The summed E-state index contributed by atoms with van der Waals surface area (Å²) in [6, 6.07) is 12.2. The van der Waals surface area contributed by atoms with Crippen molar-refractivity contribution in [3.05, 3.63) is 57.9 Å². The molecule has 1 aliphatic rings. The highest BCUT2D eigenvalue weighted by atomic mass is 35.5. The summed E-state index contributed by atoms with van der Waals surface area (Å²) in [4.78, 5) is 18.2. The van der Waals surface area contributed by atoms with Crippen LogP contribution in [0, 0.1) is 5.92 Å². The zero-order valence-electron chi connectivity index (χ0n) is 17.4. The van der Waals surface area contributed by atoms with Crippen LogP contribution >= 0.6 is 22.9 Å². The summed E-state index contributed by atoms with van der Waals surface area (Å²) in [5.74, 6) is -0.720. The Labute approximate surface area is 190 Å². The highest BCUT2D eigenvalue weighted by molar-refractivity contribution is 7.89. The van der Waals surface area contributed by atoms with Gasteiger partial charge in [0.2, 0.25) is 10.0 Å². The molecule has 0 aliphatic carbocycles. The van der Waals surface area contributed by atoms with Gasteiger partial charge in [-0.05, 0) is 55.2 Å². The Morgan fingerprint density at radius 1 is 1.23 bits per heavy atom. The molecule has 2 aromatic carbocycles. The van der Waals surface area contributed by atoms with E-state index in [0.29, 0.717) is 29.2 Å². The molecule has 1 amide bonds. The summed E-state index contributed by atoms with van der Waals surface area (Å²) in [6.45, 7) is 2.64. The summed E-state index contributed by atoms with van der Waals surface area (Å²) in [7, 11) is -1.76. The number of para-hydroxylation sites is 1. The van der Waals surface area contributed by atoms with Gasteiger partial charge in [-0.2, -0.15) is 9.30 Å². The standard InChI is InChI=1S/C22H24ClN3O3S2/c1-3-15-6-4-8-19-20(15)25(2)22(30-19)24-21(27)16-7-5-13-26(14-16)31(28,29)18-11-9-17(23)10-12-18/h4,6,8-12,16H,3,5,7,13-14H2,1-2H3. The first-order valence-corrected chi connectivity index (χ1v) is 12.9. The maximum absolute atomic E-state index is 13.0. The molecule has 1 saturated heterocycles. The minimum absolute atomic E-state index is 0.141. The van der Waals surface area contributed by atoms with Crippen LogP contribution in [0.4, 0.5) is 0 Å². The van der Waals surface area contributed by atoms with Crippen molar-refractivity contribution in [2.75, 3.05) is 13.1 Å². The third-order valence-electron chi connectivity index (χ3n) is 5.68. The maximum atomic E-state index is 13.0. The number of sulfonamides is 1. The molecule has 1 aromatic heterocycles. The Kier molecular flexibility index (Phi) is 6.35. The van der Waals surface area contributed by atoms with Crippen molar-refractivity contribution < 1.29 is 13.2 Å². The van der Waals surface area contributed by atoms with Crippen LogP contribution in [-0.2, 0) is 28.3 Å². The molecule has 0 spiro atoms. The predicted octanol–water partition coefficient (Wildman–Crippen LogP) is 3.98. The first-order valence-electron chi connectivity index (χ1n) is 10.2. The van der Waals surface area contributed by atoms with Crippen molar-refractivity contribution in [2.45, 2.75) is 31.1 Å². The molecule has 9 heteroatoms. The Morgan fingerprint density at radius 3 is 2.68 bits per heavy atom. The molecule has 0 N–H and O–H groups in total. The van der Waals surface area contributed by atoms with Gasteiger partial charge < -0.3 is 4.57 Å². The van der Waals surface area contributed by atoms with Crippen molar-refractivity contribution >= 4 is 49.1 Å². The molecule has 164 valence electrons. The lowest BCUT2D eigenvalue weighted by atomic mass is 9.99. The number of amides is 1. The van der Waals surface area contributed by atoms with E-state index in [4.69, 9.17) is 11.6 Å². The minimum atomic E-state index is -3.68. The predicted molar refractivity (Wildman–Crippen MR) is 124 cm³/mol. The number of aromatic nitrogens is 1. The lowest BCUT2D eigenvalue weighted by molar-refractivity contribution is -0.122. The zero-order valence-corrected chi connectivity index (χ0v) is 19.8. The molecule has 31 heavy (non-hydrogen) atoms. The fourth-order valence-electron chi connectivity index (χ4n) is 3.98. The summed E-state index contributed by atoms with van der Waals surface area (Å²) in [6.07, 6.45) is 2.15. The van der Waals surface area contributed by atoms with E-state index in [1.165, 1.54) is 33.3 Å². The van der Waals surface area contributed by atoms with Gasteiger partial charge >= 0.3 is 0 Å². The molecule has 2 heterocycles. The van der Waals surface area contributed by atoms with Gasteiger partial charge in [0.25, 0.3) is 5.91 Å². The lowest BCUT2D eigenvalue weighted by Gasteiger charge is -2.30. The van der Waals surface area contributed by atoms with Crippen LogP contribution in [0.1, 0.15) is 25.3 Å². The second-order valence-electron chi connectivity index (χ2n) is 7.67. The quantitative estimate of drug-likeness (QED) is 0.570. The molecule has 6 nitrogen and oxygen atoms in total. The number of benzene rings is 2. The van der Waals surface area contributed by atoms with Crippen LogP contribution < -0.4 is 4.80 Å². The molecule has 1 fully saturated rings. The summed E-state index contributed by atoms with van der Waals surface area (Å²) in [5.41, 5.74) is 2.31. The van der Waals surface area contributed by atoms with E-state index in [0.717, 1.165) is 16.6 Å². The fraction of sp³-hybridized carbons (Fsp3) is 0.364. The SMILES string of the molecule is CCc1cccc2sc(=NC(=O)C3CCCN(S(=O)(=O)c4ccc(Cl)cc4)C3)n(C)c12. The smallest absolute Gasteiger partial charge is 0.252 e. The second kappa shape index (κ2) is 8.86. The molecule has 1 aliphatic heterocycles. The van der Waals surface area contributed by atoms with Gasteiger partial charge in [-0.15, -0.1) is 0 Å². The van der Waals surface area contributed by atoms with Crippen LogP contribution in [0.3, 0.4) is 0 Å². The highest BCUT2D eigenvalue weighted by Gasteiger charge is 2.33. The number of thiazole rings is 1. The molecular weight excluding hydrogens is 454 g/mol. The van der Waals surface area contributed by atoms with Crippen LogP contribution in [0.2, 0.25) is 5.02 Å². The van der Waals surface area contributed by atoms with Gasteiger partial charge in [0.05, 0.1) is 21.0 Å². The third-order valence-corrected chi connectivity index (χ3v) is 8.91. The lowest BCUT2D eigenvalue weighted by Crippen LogP contribution is -2.42. The van der Waals surface area contributed by atoms with Crippen molar-refractivity contribution in [2.24, 2.45) is 18.0 Å². The van der Waals surface area contributed by atoms with Crippen molar-refractivity contribution in [3.63, 3.8) is 0 Å². The Bertz CT molecular complexity index is 1290. The van der Waals surface area contributed by atoms with E-state index < -0.39 is 15.9 Å². The second-order valence-corrected chi connectivity index (χ2v) is 11.1. The molecule has 0 bridgehead atoms. The number of aryl methyl sites for hydroxylation is 2. The van der Waals surface area contributed by atoms with E-state index in [1.54, 1.807) is 12.1 Å². The number of halogens is 1. The summed E-state index contributed by atoms with van der Waals surface area (Å²) in [5, 5.41) is 0.479. The van der Waals surface area contributed by atoms with Crippen LogP contribution in [-0.4, -0.2) is 36.3 Å². The number of hydrogen-bond acceptors (Lipinski definition) is 4. The van der Waals surface area contributed by atoms with Gasteiger partial charge in [-0.1, -0.05) is 42.0 Å². The molecule has 1 atom stereocenters. The normalized spacial score (nSPS) is 18.5. The monoisotopic (exact) mass is 477 g/mol. The number of carbonyl (C=O) groups excluding carboxylic acids is 1.